The summed E-state index contributed by atoms with van der Waals surface area (Å²) in [6.07, 6.45) is 0.691. The Kier molecular flexibility index (Phi) is 7.19. The Hall–Kier alpha value is -2.34. The number of ether oxygens (including phenoxy) is 1. The van der Waals surface area contributed by atoms with Crippen LogP contribution in [0.15, 0.2) is 42.5 Å². The van der Waals surface area contributed by atoms with E-state index in [0.717, 1.165) is 10.4 Å². The predicted octanol–water partition coefficient (Wildman–Crippen LogP) is 7.16. The number of carbonyl (C=O) groups is 2. The second kappa shape index (κ2) is 9.65. The first-order chi connectivity index (χ1) is 14.3. The van der Waals surface area contributed by atoms with Gasteiger partial charge in [-0.1, -0.05) is 53.9 Å². The van der Waals surface area contributed by atoms with Crippen molar-refractivity contribution in [2.45, 2.75) is 27.2 Å². The van der Waals surface area contributed by atoms with Crippen LogP contribution < -0.4 is 5.32 Å². The molecule has 0 spiro atoms. The summed E-state index contributed by atoms with van der Waals surface area (Å²) >= 11 is 13.8. The average molecular weight is 462 g/mol. The van der Waals surface area contributed by atoms with E-state index in [1.54, 1.807) is 30.3 Å². The number of anilines is 1. The van der Waals surface area contributed by atoms with Gasteiger partial charge in [0.2, 0.25) is 0 Å². The monoisotopic (exact) mass is 461 g/mol. The summed E-state index contributed by atoms with van der Waals surface area (Å²) in [5.74, 6) is -0.792. The molecule has 1 heterocycles. The Morgan fingerprint density at radius 1 is 1.10 bits per heavy atom. The Morgan fingerprint density at radius 3 is 2.53 bits per heavy atom. The minimum atomic E-state index is -0.498. The lowest BCUT2D eigenvalue weighted by Crippen LogP contribution is -2.15. The van der Waals surface area contributed by atoms with E-state index in [0.29, 0.717) is 43.7 Å². The summed E-state index contributed by atoms with van der Waals surface area (Å²) in [7, 11) is 0. The van der Waals surface area contributed by atoms with E-state index in [1.165, 1.54) is 11.3 Å². The molecule has 4 nitrogen and oxygen atoms in total. The standard InChI is InChI=1S/C23H21Cl2NO3S/c1-4-10-29-23(28)20-19(17-9-8-16(24)12-18(17)25)14(3)30-22(20)26-21(27)15-7-5-6-13(2)11-15/h5-9,11-12H,4,10H2,1-3H3,(H,26,27). The fraction of sp³-hybridized carbons (Fsp3) is 0.217. The minimum Gasteiger partial charge on any atom is -0.462 e. The first-order valence-corrected chi connectivity index (χ1v) is 11.0. The number of hydrogen-bond acceptors (Lipinski definition) is 4. The van der Waals surface area contributed by atoms with Crippen LogP contribution in [0, 0.1) is 13.8 Å². The molecule has 0 fully saturated rings. The van der Waals surface area contributed by atoms with Gasteiger partial charge in [0.05, 0.1) is 6.61 Å². The van der Waals surface area contributed by atoms with E-state index in [9.17, 15) is 9.59 Å². The summed E-state index contributed by atoms with van der Waals surface area (Å²) in [6.45, 7) is 6.00. The molecule has 30 heavy (non-hydrogen) atoms. The van der Waals surface area contributed by atoms with Gasteiger partial charge in [-0.15, -0.1) is 11.3 Å². The minimum absolute atomic E-state index is 0.285. The molecule has 1 aromatic heterocycles. The molecule has 1 N–H and O–H groups in total. The van der Waals surface area contributed by atoms with E-state index in [4.69, 9.17) is 27.9 Å². The molecule has 0 bridgehead atoms. The van der Waals surface area contributed by atoms with Gasteiger partial charge in [0.25, 0.3) is 5.91 Å². The van der Waals surface area contributed by atoms with Gasteiger partial charge in [-0.05, 0) is 44.5 Å². The highest BCUT2D eigenvalue weighted by molar-refractivity contribution is 7.17. The lowest BCUT2D eigenvalue weighted by atomic mass is 10.0. The Morgan fingerprint density at radius 2 is 1.87 bits per heavy atom. The Labute approximate surface area is 189 Å². The molecule has 0 saturated carbocycles. The molecule has 0 unspecified atom stereocenters. The van der Waals surface area contributed by atoms with Crippen LogP contribution in [0.4, 0.5) is 5.00 Å². The van der Waals surface area contributed by atoms with Gasteiger partial charge in [-0.2, -0.15) is 0 Å². The third-order valence-corrected chi connectivity index (χ3v) is 6.00. The van der Waals surface area contributed by atoms with Crippen molar-refractivity contribution in [3.63, 3.8) is 0 Å². The maximum absolute atomic E-state index is 12.9. The van der Waals surface area contributed by atoms with Crippen molar-refractivity contribution in [2.24, 2.45) is 0 Å². The van der Waals surface area contributed by atoms with Gasteiger partial charge in [0, 0.05) is 31.6 Å². The highest BCUT2D eigenvalue weighted by Gasteiger charge is 2.27. The number of halogens is 2. The van der Waals surface area contributed by atoms with Crippen molar-refractivity contribution in [1.82, 2.24) is 0 Å². The van der Waals surface area contributed by atoms with Crippen LogP contribution >= 0.6 is 34.5 Å². The van der Waals surface area contributed by atoms with Crippen molar-refractivity contribution in [3.05, 3.63) is 74.1 Å². The number of aryl methyl sites for hydroxylation is 2. The van der Waals surface area contributed by atoms with Crippen LogP contribution in [-0.4, -0.2) is 18.5 Å². The average Bonchev–Trinajstić information content (AvgIpc) is 3.01. The van der Waals surface area contributed by atoms with Crippen molar-refractivity contribution in [3.8, 4) is 11.1 Å². The summed E-state index contributed by atoms with van der Waals surface area (Å²) < 4.78 is 5.41. The van der Waals surface area contributed by atoms with Gasteiger partial charge in [-0.3, -0.25) is 4.79 Å². The molecule has 0 atom stereocenters. The van der Waals surface area contributed by atoms with E-state index in [1.807, 2.05) is 32.9 Å². The summed E-state index contributed by atoms with van der Waals surface area (Å²) in [5.41, 5.74) is 3.09. The number of rotatable bonds is 6. The van der Waals surface area contributed by atoms with Crippen molar-refractivity contribution in [2.75, 3.05) is 11.9 Å². The van der Waals surface area contributed by atoms with Gasteiger partial charge in [0.1, 0.15) is 10.6 Å². The van der Waals surface area contributed by atoms with Crippen molar-refractivity contribution in [1.29, 1.82) is 0 Å². The molecule has 3 aromatic rings. The lowest BCUT2D eigenvalue weighted by Gasteiger charge is -2.11. The van der Waals surface area contributed by atoms with Crippen LogP contribution in [0.5, 0.6) is 0 Å². The van der Waals surface area contributed by atoms with Gasteiger partial charge in [-0.25, -0.2) is 4.79 Å². The van der Waals surface area contributed by atoms with Crippen LogP contribution in [0.2, 0.25) is 10.0 Å². The number of nitrogens with one attached hydrogen (secondary N) is 1. The Bertz CT molecular complexity index is 1110. The lowest BCUT2D eigenvalue weighted by molar-refractivity contribution is 0.0507. The molecular formula is C23H21Cl2NO3S. The first-order valence-electron chi connectivity index (χ1n) is 9.45. The maximum atomic E-state index is 12.9. The van der Waals surface area contributed by atoms with Crippen LogP contribution in [-0.2, 0) is 4.74 Å². The quantitative estimate of drug-likeness (QED) is 0.396. The van der Waals surface area contributed by atoms with Gasteiger partial charge < -0.3 is 10.1 Å². The molecule has 0 aliphatic rings. The highest BCUT2D eigenvalue weighted by atomic mass is 35.5. The van der Waals surface area contributed by atoms with Crippen LogP contribution in [0.1, 0.15) is 44.5 Å². The summed E-state index contributed by atoms with van der Waals surface area (Å²) in [6, 6.07) is 12.4. The Balaban J connectivity index is 2.08. The number of benzene rings is 2. The molecule has 0 saturated heterocycles. The molecule has 0 aliphatic carbocycles. The molecular weight excluding hydrogens is 441 g/mol. The molecule has 3 rings (SSSR count). The normalized spacial score (nSPS) is 10.7. The zero-order valence-corrected chi connectivity index (χ0v) is 19.2. The van der Waals surface area contributed by atoms with E-state index in [-0.39, 0.29) is 12.5 Å². The molecule has 156 valence electrons. The molecule has 0 radical (unpaired) electrons. The zero-order chi connectivity index (χ0) is 21.8. The molecule has 1 amide bonds. The number of esters is 1. The van der Waals surface area contributed by atoms with Gasteiger partial charge in [0.15, 0.2) is 0 Å². The third-order valence-electron chi connectivity index (χ3n) is 4.43. The van der Waals surface area contributed by atoms with E-state index >= 15 is 0 Å². The van der Waals surface area contributed by atoms with Crippen molar-refractivity contribution >= 4 is 51.4 Å². The first kappa shape index (κ1) is 22.3. The zero-order valence-electron chi connectivity index (χ0n) is 16.8. The number of thiophene rings is 1. The van der Waals surface area contributed by atoms with Gasteiger partial charge >= 0.3 is 5.97 Å². The maximum Gasteiger partial charge on any atom is 0.341 e. The summed E-state index contributed by atoms with van der Waals surface area (Å²) in [4.78, 5) is 26.6. The number of hydrogen-bond donors (Lipinski definition) is 1. The predicted molar refractivity (Wildman–Crippen MR) is 124 cm³/mol. The largest absolute Gasteiger partial charge is 0.462 e. The molecule has 7 heteroatoms. The van der Waals surface area contributed by atoms with Crippen LogP contribution in [0.25, 0.3) is 11.1 Å². The molecule has 0 aliphatic heterocycles. The SMILES string of the molecule is CCCOC(=O)c1c(NC(=O)c2cccc(C)c2)sc(C)c1-c1ccc(Cl)cc1Cl. The summed E-state index contributed by atoms with van der Waals surface area (Å²) in [5, 5.41) is 4.23. The van der Waals surface area contributed by atoms with E-state index in [2.05, 4.69) is 5.32 Å². The van der Waals surface area contributed by atoms with Crippen LogP contribution in [0.3, 0.4) is 0 Å². The van der Waals surface area contributed by atoms with Crippen molar-refractivity contribution < 1.29 is 14.3 Å². The molecule has 2 aromatic carbocycles. The number of amides is 1. The smallest absolute Gasteiger partial charge is 0.341 e. The second-order valence-electron chi connectivity index (χ2n) is 6.82. The number of carbonyl (C=O) groups excluding carboxylic acids is 2. The second-order valence-corrected chi connectivity index (χ2v) is 8.89. The fourth-order valence-corrected chi connectivity index (χ4v) is 4.63. The van der Waals surface area contributed by atoms with E-state index < -0.39 is 5.97 Å². The topological polar surface area (TPSA) is 55.4 Å². The third kappa shape index (κ3) is 4.86. The fourth-order valence-electron chi connectivity index (χ4n) is 3.07. The highest BCUT2D eigenvalue weighted by Crippen LogP contribution is 2.43.